The molecule has 1 fully saturated rings. The van der Waals surface area contributed by atoms with Crippen molar-refractivity contribution in [1.29, 1.82) is 0 Å². The first-order chi connectivity index (χ1) is 12.0. The van der Waals surface area contributed by atoms with Crippen molar-refractivity contribution in [3.63, 3.8) is 0 Å². The quantitative estimate of drug-likeness (QED) is 0.865. The van der Waals surface area contributed by atoms with Crippen LogP contribution in [0, 0.1) is 5.82 Å². The van der Waals surface area contributed by atoms with Crippen molar-refractivity contribution in [2.45, 2.75) is 6.54 Å². The molecular formula is C18H18Cl2FN3O. The normalized spacial score (nSPS) is 14.5. The molecule has 0 radical (unpaired) electrons. The minimum Gasteiger partial charge on any atom is -0.368 e. The summed E-state index contributed by atoms with van der Waals surface area (Å²) < 4.78 is 13.3. The van der Waals surface area contributed by atoms with Crippen LogP contribution in [0.15, 0.2) is 42.5 Å². The largest absolute Gasteiger partial charge is 0.368 e. The Kier molecular flexibility index (Phi) is 5.66. The molecule has 132 valence electrons. The lowest BCUT2D eigenvalue weighted by atomic mass is 10.2. The van der Waals surface area contributed by atoms with Gasteiger partial charge in [-0.2, -0.15) is 0 Å². The maximum atomic E-state index is 13.3. The summed E-state index contributed by atoms with van der Waals surface area (Å²) in [5.41, 5.74) is 1.87. The molecule has 1 N–H and O–H groups in total. The molecule has 2 aromatic carbocycles. The van der Waals surface area contributed by atoms with Crippen molar-refractivity contribution in [2.24, 2.45) is 0 Å². The second kappa shape index (κ2) is 7.93. The first-order valence-corrected chi connectivity index (χ1v) is 8.76. The zero-order valence-corrected chi connectivity index (χ0v) is 15.0. The predicted molar refractivity (Wildman–Crippen MR) is 98.9 cm³/mol. The predicted octanol–water partition coefficient (Wildman–Crippen LogP) is 4.16. The minimum atomic E-state index is -0.425. The van der Waals surface area contributed by atoms with Gasteiger partial charge in [-0.1, -0.05) is 35.3 Å². The number of hydrogen-bond acceptors (Lipinski definition) is 2. The Morgan fingerprint density at radius 1 is 1.04 bits per heavy atom. The highest BCUT2D eigenvalue weighted by Crippen LogP contribution is 2.23. The second-order valence-corrected chi connectivity index (χ2v) is 6.70. The molecule has 0 aliphatic carbocycles. The third kappa shape index (κ3) is 4.55. The number of halogens is 3. The molecule has 1 heterocycles. The Hall–Kier alpha value is -1.98. The van der Waals surface area contributed by atoms with Crippen molar-refractivity contribution in [3.05, 3.63) is 63.9 Å². The molecule has 2 aromatic rings. The summed E-state index contributed by atoms with van der Waals surface area (Å²) in [4.78, 5) is 16.1. The van der Waals surface area contributed by atoms with Gasteiger partial charge in [-0.05, 0) is 35.9 Å². The average molecular weight is 382 g/mol. The molecule has 0 saturated carbocycles. The van der Waals surface area contributed by atoms with E-state index in [1.165, 1.54) is 6.07 Å². The molecule has 1 saturated heterocycles. The molecule has 3 rings (SSSR count). The number of rotatable bonds is 3. The van der Waals surface area contributed by atoms with E-state index in [0.29, 0.717) is 37.7 Å². The highest BCUT2D eigenvalue weighted by atomic mass is 35.5. The number of hydrogen-bond donors (Lipinski definition) is 1. The van der Waals surface area contributed by atoms with Gasteiger partial charge < -0.3 is 15.1 Å². The first-order valence-electron chi connectivity index (χ1n) is 8.00. The Balaban J connectivity index is 1.50. The fraction of sp³-hybridized carbons (Fsp3) is 0.278. The summed E-state index contributed by atoms with van der Waals surface area (Å²) in [6.07, 6.45) is 0. The fourth-order valence-electron chi connectivity index (χ4n) is 2.74. The van der Waals surface area contributed by atoms with E-state index < -0.39 is 5.82 Å². The maximum Gasteiger partial charge on any atom is 0.317 e. The summed E-state index contributed by atoms with van der Waals surface area (Å²) in [7, 11) is 0. The van der Waals surface area contributed by atoms with Gasteiger partial charge in [0.1, 0.15) is 5.82 Å². The van der Waals surface area contributed by atoms with Crippen molar-refractivity contribution in [2.75, 3.05) is 31.1 Å². The lowest BCUT2D eigenvalue weighted by Crippen LogP contribution is -2.51. The lowest BCUT2D eigenvalue weighted by Gasteiger charge is -2.36. The van der Waals surface area contributed by atoms with Crippen LogP contribution >= 0.6 is 23.2 Å². The van der Waals surface area contributed by atoms with Crippen LogP contribution in [0.25, 0.3) is 0 Å². The number of carbonyl (C=O) groups excluding carboxylic acids is 1. The molecular weight excluding hydrogens is 364 g/mol. The topological polar surface area (TPSA) is 35.6 Å². The minimum absolute atomic E-state index is 0.0910. The smallest absolute Gasteiger partial charge is 0.317 e. The van der Waals surface area contributed by atoms with Gasteiger partial charge >= 0.3 is 6.03 Å². The molecule has 4 nitrogen and oxygen atoms in total. The summed E-state index contributed by atoms with van der Waals surface area (Å²) in [6, 6.07) is 12.0. The van der Waals surface area contributed by atoms with Gasteiger partial charge in [-0.3, -0.25) is 0 Å². The number of anilines is 1. The van der Waals surface area contributed by atoms with Crippen molar-refractivity contribution in [3.8, 4) is 0 Å². The van der Waals surface area contributed by atoms with E-state index in [1.807, 2.05) is 12.1 Å². The van der Waals surface area contributed by atoms with Crippen LogP contribution in [0.1, 0.15) is 5.56 Å². The molecule has 0 aromatic heterocycles. The third-order valence-corrected chi connectivity index (χ3v) is 4.73. The lowest BCUT2D eigenvalue weighted by molar-refractivity contribution is 0.194. The van der Waals surface area contributed by atoms with Gasteiger partial charge in [-0.25, -0.2) is 9.18 Å². The van der Waals surface area contributed by atoms with Crippen LogP contribution in [-0.2, 0) is 6.54 Å². The van der Waals surface area contributed by atoms with E-state index in [1.54, 1.807) is 29.2 Å². The van der Waals surface area contributed by atoms with Crippen LogP contribution in [0.4, 0.5) is 14.9 Å². The molecule has 0 atom stereocenters. The van der Waals surface area contributed by atoms with E-state index >= 15 is 0 Å². The number of piperazine rings is 1. The Morgan fingerprint density at radius 3 is 2.36 bits per heavy atom. The summed E-state index contributed by atoms with van der Waals surface area (Å²) in [5.74, 6) is -0.425. The van der Waals surface area contributed by atoms with Crippen molar-refractivity contribution >= 4 is 34.9 Å². The van der Waals surface area contributed by atoms with E-state index in [0.717, 1.165) is 11.3 Å². The van der Waals surface area contributed by atoms with Crippen LogP contribution < -0.4 is 10.2 Å². The molecule has 7 heteroatoms. The molecule has 0 bridgehead atoms. The number of nitrogens with zero attached hydrogens (tertiary/aromatic N) is 2. The molecule has 0 spiro atoms. The number of urea groups is 1. The summed E-state index contributed by atoms with van der Waals surface area (Å²) in [5, 5.41) is 3.70. The highest BCUT2D eigenvalue weighted by molar-refractivity contribution is 6.31. The number of amides is 2. The van der Waals surface area contributed by atoms with Crippen LogP contribution in [0.2, 0.25) is 10.0 Å². The maximum absolute atomic E-state index is 13.3. The van der Waals surface area contributed by atoms with Gasteiger partial charge in [0.25, 0.3) is 0 Å². The van der Waals surface area contributed by atoms with Crippen LogP contribution in [0.5, 0.6) is 0 Å². The zero-order valence-electron chi connectivity index (χ0n) is 13.5. The zero-order chi connectivity index (χ0) is 17.8. The Bertz CT molecular complexity index is 746. The molecule has 1 aliphatic heterocycles. The molecule has 0 unspecified atom stereocenters. The molecule has 1 aliphatic rings. The van der Waals surface area contributed by atoms with E-state index in [9.17, 15) is 9.18 Å². The standard InChI is InChI=1S/C18H18Cl2FN3O/c19-14-3-1-13(2-4-14)12-22-18(25)24-9-7-23(8-10-24)15-5-6-17(21)16(20)11-15/h1-6,11H,7-10,12H2,(H,22,25). The SMILES string of the molecule is O=C(NCc1ccc(Cl)cc1)N1CCN(c2ccc(F)c(Cl)c2)CC1. The monoisotopic (exact) mass is 381 g/mol. The van der Waals surface area contributed by atoms with Crippen LogP contribution in [-0.4, -0.2) is 37.1 Å². The van der Waals surface area contributed by atoms with E-state index in [-0.39, 0.29) is 11.1 Å². The fourth-order valence-corrected chi connectivity index (χ4v) is 3.04. The number of nitrogens with one attached hydrogen (secondary N) is 1. The molecule has 2 amide bonds. The number of carbonyl (C=O) groups is 1. The second-order valence-electron chi connectivity index (χ2n) is 5.86. The highest BCUT2D eigenvalue weighted by Gasteiger charge is 2.21. The van der Waals surface area contributed by atoms with Crippen molar-refractivity contribution < 1.29 is 9.18 Å². The Labute approximate surface area is 156 Å². The third-order valence-electron chi connectivity index (χ3n) is 4.19. The molecule has 25 heavy (non-hydrogen) atoms. The van der Waals surface area contributed by atoms with Gasteiger partial charge in [0.05, 0.1) is 5.02 Å². The van der Waals surface area contributed by atoms with Gasteiger partial charge in [-0.15, -0.1) is 0 Å². The van der Waals surface area contributed by atoms with E-state index in [2.05, 4.69) is 10.2 Å². The van der Waals surface area contributed by atoms with Gasteiger partial charge in [0, 0.05) is 43.4 Å². The number of benzene rings is 2. The summed E-state index contributed by atoms with van der Waals surface area (Å²) >= 11 is 11.7. The van der Waals surface area contributed by atoms with Gasteiger partial charge in [0.2, 0.25) is 0 Å². The van der Waals surface area contributed by atoms with Gasteiger partial charge in [0.15, 0.2) is 0 Å². The Morgan fingerprint density at radius 2 is 1.72 bits per heavy atom. The average Bonchev–Trinajstić information content (AvgIpc) is 2.63. The summed E-state index contributed by atoms with van der Waals surface area (Å²) in [6.45, 7) is 3.01. The first kappa shape index (κ1) is 17.8. The van der Waals surface area contributed by atoms with E-state index in [4.69, 9.17) is 23.2 Å². The van der Waals surface area contributed by atoms with Crippen molar-refractivity contribution in [1.82, 2.24) is 10.2 Å². The van der Waals surface area contributed by atoms with Crippen LogP contribution in [0.3, 0.4) is 0 Å².